The van der Waals surface area contributed by atoms with Gasteiger partial charge in [-0.05, 0) is 6.92 Å². The Bertz CT molecular complexity index is 200. The molecular formula is C10H16O4. The standard InChI is InChI=1S/C10H16O4/c1-4-7-14-9(8(11)5-2)10(12)13-6-3/h4-5,8-9,11H,1-2,6-7H2,3H3. The molecule has 0 aromatic carbocycles. The number of ether oxygens (including phenoxy) is 2. The van der Waals surface area contributed by atoms with Gasteiger partial charge in [0.05, 0.1) is 13.2 Å². The molecule has 0 aliphatic heterocycles. The monoisotopic (exact) mass is 200 g/mol. The molecule has 0 rings (SSSR count). The van der Waals surface area contributed by atoms with Gasteiger partial charge in [0, 0.05) is 0 Å². The summed E-state index contributed by atoms with van der Waals surface area (Å²) in [7, 11) is 0. The van der Waals surface area contributed by atoms with Gasteiger partial charge in [-0.3, -0.25) is 0 Å². The fourth-order valence-electron chi connectivity index (χ4n) is 0.826. The van der Waals surface area contributed by atoms with Gasteiger partial charge in [-0.2, -0.15) is 0 Å². The number of esters is 1. The van der Waals surface area contributed by atoms with E-state index in [9.17, 15) is 9.90 Å². The van der Waals surface area contributed by atoms with Crippen molar-refractivity contribution >= 4 is 5.97 Å². The number of carbonyl (C=O) groups is 1. The summed E-state index contributed by atoms with van der Waals surface area (Å²) in [6.07, 6.45) is 0.631. The van der Waals surface area contributed by atoms with Crippen LogP contribution >= 0.6 is 0 Å². The van der Waals surface area contributed by atoms with Crippen LogP contribution in [0, 0.1) is 0 Å². The molecule has 0 spiro atoms. The summed E-state index contributed by atoms with van der Waals surface area (Å²) in [6.45, 7) is 8.91. The van der Waals surface area contributed by atoms with Gasteiger partial charge in [0.15, 0.2) is 6.10 Å². The van der Waals surface area contributed by atoms with Gasteiger partial charge >= 0.3 is 5.97 Å². The highest BCUT2D eigenvalue weighted by atomic mass is 16.6. The average molecular weight is 200 g/mol. The quantitative estimate of drug-likeness (QED) is 0.484. The third kappa shape index (κ3) is 4.20. The molecular weight excluding hydrogens is 184 g/mol. The van der Waals surface area contributed by atoms with Crippen molar-refractivity contribution in [1.82, 2.24) is 0 Å². The minimum atomic E-state index is -1.06. The molecule has 0 fully saturated rings. The summed E-state index contributed by atoms with van der Waals surface area (Å²) in [5.74, 6) is -0.596. The molecule has 0 aromatic rings. The van der Waals surface area contributed by atoms with Crippen molar-refractivity contribution in [2.75, 3.05) is 13.2 Å². The summed E-state index contributed by atoms with van der Waals surface area (Å²) < 4.78 is 9.76. The second-order valence-electron chi connectivity index (χ2n) is 2.52. The van der Waals surface area contributed by atoms with E-state index in [1.807, 2.05) is 0 Å². The van der Waals surface area contributed by atoms with Crippen LogP contribution in [0.15, 0.2) is 25.3 Å². The first-order chi connectivity index (χ1) is 6.67. The minimum absolute atomic E-state index is 0.175. The zero-order valence-corrected chi connectivity index (χ0v) is 8.31. The third-order valence-corrected chi connectivity index (χ3v) is 1.46. The van der Waals surface area contributed by atoms with E-state index in [-0.39, 0.29) is 13.2 Å². The number of aliphatic hydroxyl groups excluding tert-OH is 1. The first-order valence-corrected chi connectivity index (χ1v) is 4.37. The second kappa shape index (κ2) is 7.29. The summed E-state index contributed by atoms with van der Waals surface area (Å²) in [5.41, 5.74) is 0. The summed E-state index contributed by atoms with van der Waals surface area (Å²) in [4.78, 5) is 11.3. The van der Waals surface area contributed by atoms with Crippen LogP contribution in [-0.4, -0.2) is 36.5 Å². The van der Waals surface area contributed by atoms with Crippen LogP contribution in [0.3, 0.4) is 0 Å². The van der Waals surface area contributed by atoms with Crippen molar-refractivity contribution in [2.24, 2.45) is 0 Å². The Morgan fingerprint density at radius 1 is 1.57 bits per heavy atom. The van der Waals surface area contributed by atoms with Crippen molar-refractivity contribution in [1.29, 1.82) is 0 Å². The number of hydrogen-bond acceptors (Lipinski definition) is 4. The lowest BCUT2D eigenvalue weighted by Crippen LogP contribution is -2.36. The zero-order chi connectivity index (χ0) is 11.0. The average Bonchev–Trinajstić information content (AvgIpc) is 2.18. The highest BCUT2D eigenvalue weighted by molar-refractivity contribution is 5.75. The van der Waals surface area contributed by atoms with Gasteiger partial charge in [0.25, 0.3) is 0 Å². The molecule has 0 aromatic heterocycles. The Hall–Kier alpha value is -1.13. The fourth-order valence-corrected chi connectivity index (χ4v) is 0.826. The van der Waals surface area contributed by atoms with E-state index in [4.69, 9.17) is 9.47 Å². The minimum Gasteiger partial charge on any atom is -0.464 e. The zero-order valence-electron chi connectivity index (χ0n) is 8.31. The van der Waals surface area contributed by atoms with E-state index < -0.39 is 18.2 Å². The Balaban J connectivity index is 4.28. The van der Waals surface area contributed by atoms with Crippen LogP contribution in [0.5, 0.6) is 0 Å². The fraction of sp³-hybridized carbons (Fsp3) is 0.500. The maximum absolute atomic E-state index is 11.3. The predicted molar refractivity (Wildman–Crippen MR) is 52.8 cm³/mol. The van der Waals surface area contributed by atoms with Crippen molar-refractivity contribution in [3.63, 3.8) is 0 Å². The molecule has 0 saturated carbocycles. The summed E-state index contributed by atoms with van der Waals surface area (Å²) in [6, 6.07) is 0. The summed E-state index contributed by atoms with van der Waals surface area (Å²) >= 11 is 0. The molecule has 4 heteroatoms. The van der Waals surface area contributed by atoms with Crippen LogP contribution in [-0.2, 0) is 14.3 Å². The van der Waals surface area contributed by atoms with Gasteiger partial charge in [-0.15, -0.1) is 13.2 Å². The molecule has 80 valence electrons. The lowest BCUT2D eigenvalue weighted by Gasteiger charge is -2.18. The van der Waals surface area contributed by atoms with Gasteiger partial charge in [0.2, 0.25) is 0 Å². The van der Waals surface area contributed by atoms with Crippen LogP contribution in [0.1, 0.15) is 6.92 Å². The number of aliphatic hydroxyl groups is 1. The van der Waals surface area contributed by atoms with Crippen molar-refractivity contribution in [2.45, 2.75) is 19.1 Å². The van der Waals surface area contributed by atoms with Gasteiger partial charge in [0.1, 0.15) is 6.10 Å². The topological polar surface area (TPSA) is 55.8 Å². The highest BCUT2D eigenvalue weighted by Gasteiger charge is 2.26. The number of hydrogen-bond donors (Lipinski definition) is 1. The number of rotatable bonds is 7. The molecule has 2 atom stereocenters. The smallest absolute Gasteiger partial charge is 0.338 e. The normalized spacial score (nSPS) is 14.1. The first-order valence-electron chi connectivity index (χ1n) is 4.37. The van der Waals surface area contributed by atoms with E-state index in [1.165, 1.54) is 12.2 Å². The maximum atomic E-state index is 11.3. The molecule has 1 N–H and O–H groups in total. The van der Waals surface area contributed by atoms with E-state index in [2.05, 4.69) is 13.2 Å². The van der Waals surface area contributed by atoms with Crippen molar-refractivity contribution < 1.29 is 19.4 Å². The Morgan fingerprint density at radius 3 is 2.64 bits per heavy atom. The first kappa shape index (κ1) is 12.9. The molecule has 0 radical (unpaired) electrons. The van der Waals surface area contributed by atoms with Crippen LogP contribution in [0.25, 0.3) is 0 Å². The second-order valence-corrected chi connectivity index (χ2v) is 2.52. The highest BCUT2D eigenvalue weighted by Crippen LogP contribution is 2.04. The van der Waals surface area contributed by atoms with Crippen LogP contribution in [0.2, 0.25) is 0 Å². The molecule has 0 heterocycles. The lowest BCUT2D eigenvalue weighted by atomic mass is 10.2. The van der Waals surface area contributed by atoms with E-state index in [0.717, 1.165) is 0 Å². The molecule has 0 amide bonds. The van der Waals surface area contributed by atoms with Gasteiger partial charge in [-0.1, -0.05) is 12.2 Å². The molecule has 14 heavy (non-hydrogen) atoms. The van der Waals surface area contributed by atoms with E-state index in [0.29, 0.717) is 0 Å². The van der Waals surface area contributed by atoms with E-state index >= 15 is 0 Å². The Labute approximate surface area is 83.8 Å². The molecule has 0 aliphatic carbocycles. The molecule has 2 unspecified atom stereocenters. The SMILES string of the molecule is C=CCOC(C(=O)OCC)C(O)C=C. The van der Waals surface area contributed by atoms with Gasteiger partial charge < -0.3 is 14.6 Å². The molecule has 0 saturated heterocycles. The van der Waals surface area contributed by atoms with E-state index in [1.54, 1.807) is 6.92 Å². The lowest BCUT2D eigenvalue weighted by molar-refractivity contribution is -0.161. The number of carbonyl (C=O) groups excluding carboxylic acids is 1. The predicted octanol–water partition coefficient (Wildman–Crippen LogP) is 0.668. The largest absolute Gasteiger partial charge is 0.464 e. The molecule has 0 aliphatic rings. The Kier molecular flexibility index (Phi) is 6.70. The molecule has 0 bridgehead atoms. The summed E-state index contributed by atoms with van der Waals surface area (Å²) in [5, 5.41) is 9.36. The maximum Gasteiger partial charge on any atom is 0.338 e. The van der Waals surface area contributed by atoms with Crippen LogP contribution in [0.4, 0.5) is 0 Å². The van der Waals surface area contributed by atoms with Crippen molar-refractivity contribution in [3.8, 4) is 0 Å². The third-order valence-electron chi connectivity index (χ3n) is 1.46. The Morgan fingerprint density at radius 2 is 2.21 bits per heavy atom. The van der Waals surface area contributed by atoms with Crippen LogP contribution < -0.4 is 0 Å². The van der Waals surface area contributed by atoms with Crippen molar-refractivity contribution in [3.05, 3.63) is 25.3 Å². The molecule has 4 nitrogen and oxygen atoms in total. The van der Waals surface area contributed by atoms with Gasteiger partial charge in [-0.25, -0.2) is 4.79 Å².